The summed E-state index contributed by atoms with van der Waals surface area (Å²) >= 11 is 1.88. The van der Waals surface area contributed by atoms with E-state index in [-0.39, 0.29) is 0 Å². The molecule has 5 aromatic carbocycles. The van der Waals surface area contributed by atoms with E-state index in [9.17, 15) is 0 Å². The summed E-state index contributed by atoms with van der Waals surface area (Å²) < 4.78 is 5.04. The van der Waals surface area contributed by atoms with Gasteiger partial charge in [-0.1, -0.05) is 129 Å². The average molecular weight is 610 g/mol. The Morgan fingerprint density at radius 1 is 0.667 bits per heavy atom. The van der Waals surface area contributed by atoms with E-state index in [0.717, 1.165) is 5.56 Å². The van der Waals surface area contributed by atoms with Gasteiger partial charge in [-0.25, -0.2) is 0 Å². The summed E-state index contributed by atoms with van der Waals surface area (Å²) in [5.74, 6) is 0. The minimum absolute atomic E-state index is 0.612. The third-order valence-electron chi connectivity index (χ3n) is 7.20. The van der Waals surface area contributed by atoms with Gasteiger partial charge < -0.3 is 16.0 Å². The Morgan fingerprint density at radius 3 is 1.89 bits per heavy atom. The van der Waals surface area contributed by atoms with Crippen molar-refractivity contribution >= 4 is 65.2 Å². The molecule has 0 amide bonds. The highest BCUT2D eigenvalue weighted by molar-refractivity contribution is 7.25. The lowest BCUT2D eigenvalue weighted by atomic mass is 10.1. The number of para-hydroxylation sites is 1. The Kier molecular flexibility index (Phi) is 11.8. The molecule has 0 aliphatic carbocycles. The standard InChI is InChI=1S/C24H19NS.C8H10N2.C7H8.C2H6/c1-3-8-16(2)15-25-21-11-6-4-9-17(21)19-13-20-18-10-5-7-12-23(18)26-24(20)14-22(19)25;9-6-8(10)7-4-2-1-3-5-7;1-7-5-3-2-4-6-7;1-2/h3-15H,1-2H3;1-6H,9-10H2;2-6H,1H3;1-2H3/b8-3-,16-15-;8-6-;;. The molecule has 0 aliphatic heterocycles. The van der Waals surface area contributed by atoms with Crippen molar-refractivity contribution in [3.8, 4) is 0 Å². The molecule has 3 nitrogen and oxygen atoms in total. The van der Waals surface area contributed by atoms with Gasteiger partial charge in [-0.05, 0) is 56.2 Å². The van der Waals surface area contributed by atoms with Gasteiger partial charge in [0.15, 0.2) is 0 Å². The monoisotopic (exact) mass is 609 g/mol. The molecular weight excluding hydrogens is 567 g/mol. The van der Waals surface area contributed by atoms with Crippen molar-refractivity contribution in [1.29, 1.82) is 0 Å². The van der Waals surface area contributed by atoms with Crippen molar-refractivity contribution in [3.63, 3.8) is 0 Å². The maximum atomic E-state index is 5.53. The Bertz CT molecular complexity index is 2060. The van der Waals surface area contributed by atoms with Gasteiger partial charge in [0.2, 0.25) is 0 Å². The lowest BCUT2D eigenvalue weighted by molar-refractivity contribution is 1.27. The van der Waals surface area contributed by atoms with Crippen LogP contribution in [0.25, 0.3) is 53.9 Å². The van der Waals surface area contributed by atoms with Crippen LogP contribution >= 0.6 is 11.3 Å². The van der Waals surface area contributed by atoms with Crippen LogP contribution in [-0.2, 0) is 0 Å². The number of benzene rings is 5. The predicted molar refractivity (Wildman–Crippen MR) is 202 cm³/mol. The number of hydrogen-bond donors (Lipinski definition) is 2. The molecule has 45 heavy (non-hydrogen) atoms. The summed E-state index contributed by atoms with van der Waals surface area (Å²) in [5.41, 5.74) is 17.4. The van der Waals surface area contributed by atoms with Crippen molar-refractivity contribution in [2.24, 2.45) is 11.5 Å². The topological polar surface area (TPSA) is 57.0 Å². The minimum Gasteiger partial charge on any atom is -0.403 e. The predicted octanol–water partition coefficient (Wildman–Crippen LogP) is 11.5. The van der Waals surface area contributed by atoms with Crippen LogP contribution < -0.4 is 11.5 Å². The summed E-state index contributed by atoms with van der Waals surface area (Å²) in [6.07, 6.45) is 7.88. The molecule has 0 saturated heterocycles. The summed E-state index contributed by atoms with van der Waals surface area (Å²) in [7, 11) is 0. The van der Waals surface area contributed by atoms with E-state index in [0.29, 0.717) is 5.70 Å². The first-order chi connectivity index (χ1) is 22.0. The Labute approximate surface area is 271 Å². The van der Waals surface area contributed by atoms with Gasteiger partial charge in [-0.3, -0.25) is 0 Å². The molecule has 0 unspecified atom stereocenters. The first-order valence-electron chi connectivity index (χ1n) is 15.4. The lowest BCUT2D eigenvalue weighted by Gasteiger charge is -2.02. The summed E-state index contributed by atoms with van der Waals surface area (Å²) in [5, 5.41) is 5.34. The molecule has 4 N–H and O–H groups in total. The highest BCUT2D eigenvalue weighted by Crippen LogP contribution is 2.39. The van der Waals surface area contributed by atoms with E-state index in [1.54, 1.807) is 0 Å². The highest BCUT2D eigenvalue weighted by Gasteiger charge is 2.13. The minimum atomic E-state index is 0.612. The van der Waals surface area contributed by atoms with Crippen LogP contribution in [0.15, 0.2) is 145 Å². The number of thiophene rings is 1. The molecular formula is C41H43N3S. The number of nitrogens with zero attached hydrogens (tertiary/aromatic N) is 1. The largest absolute Gasteiger partial charge is 0.403 e. The Hall–Kier alpha value is -5.06. The molecule has 0 spiro atoms. The molecule has 0 aliphatic rings. The second-order valence-electron chi connectivity index (χ2n) is 10.4. The fourth-order valence-electron chi connectivity index (χ4n) is 5.13. The normalized spacial score (nSPS) is 11.6. The van der Waals surface area contributed by atoms with Crippen molar-refractivity contribution in [2.75, 3.05) is 0 Å². The van der Waals surface area contributed by atoms with Gasteiger partial charge in [0.1, 0.15) is 0 Å². The van der Waals surface area contributed by atoms with Crippen LogP contribution in [0.4, 0.5) is 0 Å². The van der Waals surface area contributed by atoms with Gasteiger partial charge in [0, 0.05) is 43.3 Å². The zero-order valence-corrected chi connectivity index (χ0v) is 27.7. The van der Waals surface area contributed by atoms with Crippen molar-refractivity contribution in [2.45, 2.75) is 34.6 Å². The van der Waals surface area contributed by atoms with E-state index in [2.05, 4.69) is 116 Å². The molecule has 7 rings (SSSR count). The van der Waals surface area contributed by atoms with E-state index < -0.39 is 0 Å². The third kappa shape index (κ3) is 7.91. The van der Waals surface area contributed by atoms with Gasteiger partial charge >= 0.3 is 0 Å². The smallest absolute Gasteiger partial charge is 0.0549 e. The van der Waals surface area contributed by atoms with E-state index in [4.69, 9.17) is 11.5 Å². The second-order valence-corrected chi connectivity index (χ2v) is 11.5. The fourth-order valence-corrected chi connectivity index (χ4v) is 6.25. The first-order valence-corrected chi connectivity index (χ1v) is 16.2. The molecule has 2 aromatic heterocycles. The molecule has 0 fully saturated rings. The van der Waals surface area contributed by atoms with Crippen LogP contribution in [0.3, 0.4) is 0 Å². The molecule has 228 valence electrons. The van der Waals surface area contributed by atoms with E-state index >= 15 is 0 Å². The zero-order chi connectivity index (χ0) is 32.2. The van der Waals surface area contributed by atoms with E-state index in [1.807, 2.05) is 73.7 Å². The molecule has 0 atom stereocenters. The molecule has 0 radical (unpaired) electrons. The number of hydrogen-bond acceptors (Lipinski definition) is 3. The van der Waals surface area contributed by atoms with Crippen LogP contribution in [0.5, 0.6) is 0 Å². The van der Waals surface area contributed by atoms with Gasteiger partial charge in [-0.15, -0.1) is 11.3 Å². The van der Waals surface area contributed by atoms with Crippen molar-refractivity contribution in [3.05, 3.63) is 156 Å². The quantitative estimate of drug-likeness (QED) is 0.196. The second kappa shape index (κ2) is 16.1. The van der Waals surface area contributed by atoms with Crippen LogP contribution in [0, 0.1) is 6.92 Å². The van der Waals surface area contributed by atoms with Crippen LogP contribution in [0.1, 0.15) is 38.8 Å². The molecule has 7 aromatic rings. The zero-order valence-electron chi connectivity index (χ0n) is 26.9. The number of rotatable bonds is 3. The van der Waals surface area contributed by atoms with Crippen molar-refractivity contribution < 1.29 is 0 Å². The molecule has 0 saturated carbocycles. The maximum Gasteiger partial charge on any atom is 0.0549 e. The number of aryl methyl sites for hydroxylation is 1. The van der Waals surface area contributed by atoms with Crippen molar-refractivity contribution in [1.82, 2.24) is 4.57 Å². The summed E-state index contributed by atoms with van der Waals surface area (Å²) in [6, 6.07) is 42.0. The molecule has 2 heterocycles. The number of nitrogens with two attached hydrogens (primary N) is 2. The van der Waals surface area contributed by atoms with Gasteiger partial charge in [0.05, 0.1) is 16.7 Å². The lowest BCUT2D eigenvalue weighted by Crippen LogP contribution is -1.98. The first kappa shape index (κ1) is 32.8. The Morgan fingerprint density at radius 2 is 1.27 bits per heavy atom. The van der Waals surface area contributed by atoms with Crippen LogP contribution in [0.2, 0.25) is 0 Å². The number of fused-ring (bicyclic) bond motifs is 6. The highest BCUT2D eigenvalue weighted by atomic mass is 32.1. The SMILES string of the molecule is C/C=C\C(C)=C/n1c2ccccc2c2cc3c(cc21)sc1ccccc13.CC.Cc1ccccc1.N/C=C(\N)c1ccccc1. The number of allylic oxidation sites excluding steroid dienone is 3. The average Bonchev–Trinajstić information content (AvgIpc) is 3.60. The number of aromatic nitrogens is 1. The van der Waals surface area contributed by atoms with E-state index in [1.165, 1.54) is 59.3 Å². The summed E-state index contributed by atoms with van der Waals surface area (Å²) in [6.45, 7) is 10.3. The van der Waals surface area contributed by atoms with Gasteiger partial charge in [-0.2, -0.15) is 0 Å². The Balaban J connectivity index is 0.000000199. The molecule has 0 bridgehead atoms. The summed E-state index contributed by atoms with van der Waals surface area (Å²) in [4.78, 5) is 0. The third-order valence-corrected chi connectivity index (χ3v) is 8.33. The maximum absolute atomic E-state index is 5.53. The van der Waals surface area contributed by atoms with Crippen LogP contribution in [-0.4, -0.2) is 4.57 Å². The fraction of sp³-hybridized carbons (Fsp3) is 0.122. The molecule has 4 heteroatoms. The van der Waals surface area contributed by atoms with Gasteiger partial charge in [0.25, 0.3) is 0 Å².